The van der Waals surface area contributed by atoms with Crippen LogP contribution in [0.2, 0.25) is 0 Å². The summed E-state index contributed by atoms with van der Waals surface area (Å²) in [7, 11) is 0. The monoisotopic (exact) mass is 311 g/mol. The molecule has 1 aliphatic carbocycles. The van der Waals surface area contributed by atoms with Gasteiger partial charge in [-0.25, -0.2) is 0 Å². The van der Waals surface area contributed by atoms with E-state index in [1.54, 1.807) is 11.3 Å². The summed E-state index contributed by atoms with van der Waals surface area (Å²) in [5.41, 5.74) is 1.37. The largest absolute Gasteiger partial charge is 0.351 e. The number of amides is 1. The fraction of sp³-hybridized carbons (Fsp3) is 0.688. The fourth-order valence-corrected chi connectivity index (χ4v) is 3.75. The van der Waals surface area contributed by atoms with Gasteiger partial charge in [0.1, 0.15) is 0 Å². The second-order valence-electron chi connectivity index (χ2n) is 5.17. The first-order chi connectivity index (χ1) is 10.2. The van der Waals surface area contributed by atoms with Gasteiger partial charge in [0, 0.05) is 18.1 Å². The van der Waals surface area contributed by atoms with Gasteiger partial charge in [-0.2, -0.15) is 0 Å². The van der Waals surface area contributed by atoms with Crippen LogP contribution >= 0.6 is 11.3 Å². The number of aryl methyl sites for hydroxylation is 2. The molecule has 5 heteroatoms. The summed E-state index contributed by atoms with van der Waals surface area (Å²) in [6.45, 7) is 5.39. The van der Waals surface area contributed by atoms with Crippen molar-refractivity contribution in [3.63, 3.8) is 0 Å². The number of carbonyl (C=O) groups excluding carboxylic acids is 1. The van der Waals surface area contributed by atoms with E-state index in [4.69, 9.17) is 9.47 Å². The maximum Gasteiger partial charge on any atom is 0.261 e. The van der Waals surface area contributed by atoms with Gasteiger partial charge in [-0.05, 0) is 51.2 Å². The number of nitrogens with one attached hydrogen (secondary N) is 1. The summed E-state index contributed by atoms with van der Waals surface area (Å²) in [5, 5.41) is 2.91. The molecule has 1 aromatic rings. The summed E-state index contributed by atoms with van der Waals surface area (Å²) >= 11 is 1.64. The molecule has 0 aromatic carbocycles. The Morgan fingerprint density at radius 2 is 1.95 bits per heavy atom. The molecule has 1 amide bonds. The smallest absolute Gasteiger partial charge is 0.261 e. The zero-order valence-corrected chi connectivity index (χ0v) is 13.8. The topological polar surface area (TPSA) is 47.6 Å². The number of fused-ring (bicyclic) bond motifs is 1. The molecule has 0 spiro atoms. The number of hydrogen-bond donors (Lipinski definition) is 1. The molecule has 1 aromatic heterocycles. The third-order valence-corrected chi connectivity index (χ3v) is 4.84. The number of carbonyl (C=O) groups is 1. The molecule has 0 radical (unpaired) electrons. The second kappa shape index (κ2) is 8.51. The molecule has 21 heavy (non-hydrogen) atoms. The molecule has 1 aliphatic rings. The lowest BCUT2D eigenvalue weighted by Gasteiger charge is -2.17. The number of hydrogen-bond acceptors (Lipinski definition) is 4. The lowest BCUT2D eigenvalue weighted by atomic mass is 10.1. The molecule has 1 N–H and O–H groups in total. The first kappa shape index (κ1) is 16.5. The quantitative estimate of drug-likeness (QED) is 0.621. The van der Waals surface area contributed by atoms with E-state index in [0.717, 1.165) is 17.7 Å². The molecular weight excluding hydrogens is 286 g/mol. The van der Waals surface area contributed by atoms with Crippen molar-refractivity contribution in [1.82, 2.24) is 5.32 Å². The van der Waals surface area contributed by atoms with E-state index in [9.17, 15) is 4.79 Å². The fourth-order valence-electron chi connectivity index (χ4n) is 2.58. The van der Waals surface area contributed by atoms with E-state index in [2.05, 4.69) is 11.4 Å². The Balaban J connectivity index is 1.91. The standard InChI is InChI=1S/C16H25NO3S/c1-3-19-15(20-4-2)11-17-16(18)14-10-12-8-6-5-7-9-13(12)21-14/h10,15H,3-9,11H2,1-2H3,(H,17,18). The minimum Gasteiger partial charge on any atom is -0.351 e. The van der Waals surface area contributed by atoms with Crippen LogP contribution in [0.1, 0.15) is 53.2 Å². The van der Waals surface area contributed by atoms with Gasteiger partial charge in [0.25, 0.3) is 5.91 Å². The Morgan fingerprint density at radius 1 is 1.24 bits per heavy atom. The Hall–Kier alpha value is -0.910. The molecule has 0 unspecified atom stereocenters. The van der Waals surface area contributed by atoms with Crippen molar-refractivity contribution in [2.75, 3.05) is 19.8 Å². The van der Waals surface area contributed by atoms with Crippen molar-refractivity contribution in [3.8, 4) is 0 Å². The maximum absolute atomic E-state index is 12.2. The van der Waals surface area contributed by atoms with Gasteiger partial charge in [0.15, 0.2) is 6.29 Å². The van der Waals surface area contributed by atoms with Crippen LogP contribution in [0.25, 0.3) is 0 Å². The van der Waals surface area contributed by atoms with Crippen molar-refractivity contribution in [1.29, 1.82) is 0 Å². The number of ether oxygens (including phenoxy) is 2. The third-order valence-electron chi connectivity index (χ3n) is 3.60. The van der Waals surface area contributed by atoms with Crippen LogP contribution in [0.5, 0.6) is 0 Å². The Kier molecular flexibility index (Phi) is 6.67. The Morgan fingerprint density at radius 3 is 2.67 bits per heavy atom. The first-order valence-corrected chi connectivity index (χ1v) is 8.69. The van der Waals surface area contributed by atoms with Gasteiger partial charge < -0.3 is 14.8 Å². The highest BCUT2D eigenvalue weighted by molar-refractivity contribution is 7.14. The molecular formula is C16H25NO3S. The molecule has 0 atom stereocenters. The van der Waals surface area contributed by atoms with E-state index in [1.165, 1.54) is 29.7 Å². The molecule has 0 bridgehead atoms. The van der Waals surface area contributed by atoms with Crippen LogP contribution < -0.4 is 5.32 Å². The molecule has 0 saturated carbocycles. The minimum absolute atomic E-state index is 0.0162. The van der Waals surface area contributed by atoms with E-state index in [1.807, 2.05) is 13.8 Å². The van der Waals surface area contributed by atoms with Gasteiger partial charge in [-0.3, -0.25) is 4.79 Å². The Bertz CT molecular complexity index is 429. The van der Waals surface area contributed by atoms with E-state index < -0.39 is 0 Å². The van der Waals surface area contributed by atoms with Crippen LogP contribution in [0, 0.1) is 0 Å². The Labute approximate surface area is 130 Å². The van der Waals surface area contributed by atoms with Crippen LogP contribution in [0.15, 0.2) is 6.07 Å². The number of rotatable bonds is 7. The van der Waals surface area contributed by atoms with Gasteiger partial charge in [0.05, 0.1) is 11.4 Å². The molecule has 0 aliphatic heterocycles. The SMILES string of the molecule is CCOC(CNC(=O)c1cc2c(s1)CCCCC2)OCC. The highest BCUT2D eigenvalue weighted by Gasteiger charge is 2.17. The predicted molar refractivity (Wildman–Crippen MR) is 85.0 cm³/mol. The van der Waals surface area contributed by atoms with Gasteiger partial charge in [-0.15, -0.1) is 11.3 Å². The highest BCUT2D eigenvalue weighted by atomic mass is 32.1. The molecule has 1 heterocycles. The first-order valence-electron chi connectivity index (χ1n) is 7.87. The van der Waals surface area contributed by atoms with Crippen LogP contribution in [0.4, 0.5) is 0 Å². The average molecular weight is 311 g/mol. The van der Waals surface area contributed by atoms with Crippen molar-refractivity contribution in [3.05, 3.63) is 21.4 Å². The second-order valence-corrected chi connectivity index (χ2v) is 6.31. The zero-order chi connectivity index (χ0) is 15.1. The summed E-state index contributed by atoms with van der Waals surface area (Å²) in [5.74, 6) is -0.0162. The normalized spacial score (nSPS) is 14.8. The highest BCUT2D eigenvalue weighted by Crippen LogP contribution is 2.28. The molecule has 0 saturated heterocycles. The molecule has 4 nitrogen and oxygen atoms in total. The van der Waals surface area contributed by atoms with Crippen molar-refractivity contribution >= 4 is 17.2 Å². The minimum atomic E-state index is -0.360. The molecule has 0 fully saturated rings. The average Bonchev–Trinajstić information content (AvgIpc) is 2.76. The lowest BCUT2D eigenvalue weighted by molar-refractivity contribution is -0.131. The van der Waals surface area contributed by atoms with Crippen LogP contribution in [-0.4, -0.2) is 32.0 Å². The maximum atomic E-state index is 12.2. The summed E-state index contributed by atoms with van der Waals surface area (Å²) in [4.78, 5) is 14.5. The van der Waals surface area contributed by atoms with Crippen molar-refractivity contribution in [2.24, 2.45) is 0 Å². The zero-order valence-electron chi connectivity index (χ0n) is 12.9. The number of thiophene rings is 1. The van der Waals surface area contributed by atoms with Crippen LogP contribution in [-0.2, 0) is 22.3 Å². The molecule has 2 rings (SSSR count). The van der Waals surface area contributed by atoms with Gasteiger partial charge in [-0.1, -0.05) is 6.42 Å². The van der Waals surface area contributed by atoms with Gasteiger partial charge >= 0.3 is 0 Å². The predicted octanol–water partition coefficient (Wildman–Crippen LogP) is 3.15. The van der Waals surface area contributed by atoms with E-state index in [0.29, 0.717) is 19.8 Å². The lowest BCUT2D eigenvalue weighted by Crippen LogP contribution is -2.35. The molecule has 118 valence electrons. The van der Waals surface area contributed by atoms with Crippen molar-refractivity contribution in [2.45, 2.75) is 52.2 Å². The van der Waals surface area contributed by atoms with Gasteiger partial charge in [0.2, 0.25) is 0 Å². The summed E-state index contributed by atoms with van der Waals surface area (Å²) in [6, 6.07) is 2.07. The summed E-state index contributed by atoms with van der Waals surface area (Å²) in [6.07, 6.45) is 5.65. The van der Waals surface area contributed by atoms with Crippen LogP contribution in [0.3, 0.4) is 0 Å². The van der Waals surface area contributed by atoms with E-state index in [-0.39, 0.29) is 12.2 Å². The summed E-state index contributed by atoms with van der Waals surface area (Å²) < 4.78 is 10.9. The van der Waals surface area contributed by atoms with Crippen molar-refractivity contribution < 1.29 is 14.3 Å². The van der Waals surface area contributed by atoms with E-state index >= 15 is 0 Å². The third kappa shape index (κ3) is 4.80.